The molecule has 168 valence electrons. The fraction of sp³-hybridized carbons (Fsp3) is 0.800. The molecule has 3 aliphatic carbocycles. The van der Waals surface area contributed by atoms with E-state index in [1.54, 1.807) is 48.8 Å². The number of aryl methyl sites for hydroxylation is 2. The molecule has 2 saturated carbocycles. The quantitative estimate of drug-likeness (QED) is 0.358. The minimum Gasteiger partial charge on any atom is -0.0654 e. The second-order valence-corrected chi connectivity index (χ2v) is 11.3. The summed E-state index contributed by atoms with van der Waals surface area (Å²) in [6.45, 7) is 4.62. The third-order valence-electron chi connectivity index (χ3n) is 9.22. The summed E-state index contributed by atoms with van der Waals surface area (Å²) < 4.78 is 0. The summed E-state index contributed by atoms with van der Waals surface area (Å²) in [5.74, 6) is 5.24. The van der Waals surface area contributed by atoms with Crippen LogP contribution in [0.2, 0.25) is 0 Å². The molecule has 2 fully saturated rings. The molecular weight excluding hydrogens is 360 g/mol. The maximum absolute atomic E-state index is 2.54. The maximum atomic E-state index is 2.54. The molecule has 0 N–H and O–H groups in total. The molecule has 0 heterocycles. The van der Waals surface area contributed by atoms with E-state index >= 15 is 0 Å². The topological polar surface area (TPSA) is 0 Å². The smallest absolute Gasteiger partial charge is 0.0245 e. The highest BCUT2D eigenvalue weighted by atomic mass is 14.4. The van der Waals surface area contributed by atoms with Crippen molar-refractivity contribution in [2.75, 3.05) is 0 Å². The summed E-state index contributed by atoms with van der Waals surface area (Å²) in [6.07, 6.45) is 24.9. The van der Waals surface area contributed by atoms with E-state index in [2.05, 4.69) is 32.0 Å². The normalized spacial score (nSPS) is 31.2. The molecule has 0 spiro atoms. The van der Waals surface area contributed by atoms with Crippen molar-refractivity contribution in [3.63, 3.8) is 0 Å². The van der Waals surface area contributed by atoms with E-state index < -0.39 is 0 Å². The van der Waals surface area contributed by atoms with Crippen molar-refractivity contribution in [3.05, 3.63) is 34.9 Å². The van der Waals surface area contributed by atoms with E-state index in [-0.39, 0.29) is 0 Å². The highest BCUT2D eigenvalue weighted by molar-refractivity contribution is 5.34. The maximum Gasteiger partial charge on any atom is -0.0245 e. The van der Waals surface area contributed by atoms with E-state index in [0.29, 0.717) is 0 Å². The van der Waals surface area contributed by atoms with E-state index in [0.717, 1.165) is 29.6 Å². The SMILES string of the molecule is CCCCCCCC1CCC2CC(C3CCc4cc(CCC)ccc4C3)CCC2C1. The molecule has 0 nitrogen and oxygen atoms in total. The van der Waals surface area contributed by atoms with Crippen molar-refractivity contribution in [1.82, 2.24) is 0 Å². The number of hydrogen-bond acceptors (Lipinski definition) is 0. The molecule has 0 aromatic heterocycles. The van der Waals surface area contributed by atoms with Gasteiger partial charge in [-0.25, -0.2) is 0 Å². The summed E-state index contributed by atoms with van der Waals surface area (Å²) in [5, 5.41) is 0. The Morgan fingerprint density at radius 2 is 1.47 bits per heavy atom. The van der Waals surface area contributed by atoms with Crippen molar-refractivity contribution in [1.29, 1.82) is 0 Å². The average molecular weight is 409 g/mol. The average Bonchev–Trinajstić information content (AvgIpc) is 2.78. The van der Waals surface area contributed by atoms with Crippen molar-refractivity contribution < 1.29 is 0 Å². The van der Waals surface area contributed by atoms with Gasteiger partial charge in [0.25, 0.3) is 0 Å². The summed E-state index contributed by atoms with van der Waals surface area (Å²) >= 11 is 0. The van der Waals surface area contributed by atoms with Gasteiger partial charge in [-0.2, -0.15) is 0 Å². The van der Waals surface area contributed by atoms with Gasteiger partial charge >= 0.3 is 0 Å². The van der Waals surface area contributed by atoms with Crippen molar-refractivity contribution in [3.8, 4) is 0 Å². The Labute approximate surface area is 187 Å². The van der Waals surface area contributed by atoms with Gasteiger partial charge in [-0.3, -0.25) is 0 Å². The van der Waals surface area contributed by atoms with Gasteiger partial charge < -0.3 is 0 Å². The Balaban J connectivity index is 1.24. The molecule has 5 unspecified atom stereocenters. The van der Waals surface area contributed by atoms with Gasteiger partial charge in [0.2, 0.25) is 0 Å². The number of benzene rings is 1. The van der Waals surface area contributed by atoms with Crippen molar-refractivity contribution >= 4 is 0 Å². The first-order chi connectivity index (χ1) is 14.8. The summed E-state index contributed by atoms with van der Waals surface area (Å²) in [7, 11) is 0. The van der Waals surface area contributed by atoms with E-state index in [9.17, 15) is 0 Å². The number of fused-ring (bicyclic) bond motifs is 2. The third-order valence-corrected chi connectivity index (χ3v) is 9.22. The predicted molar refractivity (Wildman–Crippen MR) is 131 cm³/mol. The van der Waals surface area contributed by atoms with E-state index in [1.165, 1.54) is 77.0 Å². The lowest BCUT2D eigenvalue weighted by Crippen LogP contribution is -2.35. The lowest BCUT2D eigenvalue weighted by atomic mass is 9.61. The first-order valence-corrected chi connectivity index (χ1v) is 13.9. The van der Waals surface area contributed by atoms with Crippen LogP contribution < -0.4 is 0 Å². The van der Waals surface area contributed by atoms with Crippen LogP contribution >= 0.6 is 0 Å². The second kappa shape index (κ2) is 11.2. The Morgan fingerprint density at radius 3 is 2.30 bits per heavy atom. The van der Waals surface area contributed by atoms with Crippen LogP contribution in [0.4, 0.5) is 0 Å². The summed E-state index contributed by atoms with van der Waals surface area (Å²) in [6, 6.07) is 7.45. The van der Waals surface area contributed by atoms with Gasteiger partial charge in [-0.15, -0.1) is 0 Å². The molecule has 0 bridgehead atoms. The number of hydrogen-bond donors (Lipinski definition) is 0. The fourth-order valence-corrected chi connectivity index (χ4v) is 7.43. The fourth-order valence-electron chi connectivity index (χ4n) is 7.43. The predicted octanol–water partition coefficient (Wildman–Crippen LogP) is 8.94. The second-order valence-electron chi connectivity index (χ2n) is 11.3. The van der Waals surface area contributed by atoms with Crippen LogP contribution in [0.3, 0.4) is 0 Å². The van der Waals surface area contributed by atoms with Gasteiger partial charge in [0.1, 0.15) is 0 Å². The highest BCUT2D eigenvalue weighted by Crippen LogP contribution is 2.49. The minimum atomic E-state index is 0.978. The molecule has 0 saturated heterocycles. The zero-order valence-corrected chi connectivity index (χ0v) is 20.1. The molecule has 1 aromatic carbocycles. The molecule has 30 heavy (non-hydrogen) atoms. The Morgan fingerprint density at radius 1 is 0.700 bits per heavy atom. The lowest BCUT2D eigenvalue weighted by molar-refractivity contribution is 0.0690. The Kier molecular flexibility index (Phi) is 8.36. The third kappa shape index (κ3) is 5.72. The van der Waals surface area contributed by atoms with Gasteiger partial charge in [0, 0.05) is 0 Å². The van der Waals surface area contributed by atoms with Crippen LogP contribution in [-0.4, -0.2) is 0 Å². The number of rotatable bonds is 9. The van der Waals surface area contributed by atoms with Gasteiger partial charge in [0.05, 0.1) is 0 Å². The monoisotopic (exact) mass is 408 g/mol. The highest BCUT2D eigenvalue weighted by Gasteiger charge is 2.38. The van der Waals surface area contributed by atoms with E-state index in [1.807, 2.05) is 0 Å². The number of unbranched alkanes of at least 4 members (excludes halogenated alkanes) is 4. The van der Waals surface area contributed by atoms with Gasteiger partial charge in [-0.1, -0.05) is 83.4 Å². The molecule has 1 aromatic rings. The van der Waals surface area contributed by atoms with Gasteiger partial charge in [0.15, 0.2) is 0 Å². The zero-order chi connectivity index (χ0) is 20.8. The molecule has 0 heteroatoms. The minimum absolute atomic E-state index is 0.978. The van der Waals surface area contributed by atoms with Crippen LogP contribution in [0.5, 0.6) is 0 Å². The molecule has 0 aliphatic heterocycles. The summed E-state index contributed by atoms with van der Waals surface area (Å²) in [4.78, 5) is 0. The van der Waals surface area contributed by atoms with Crippen LogP contribution in [-0.2, 0) is 19.3 Å². The van der Waals surface area contributed by atoms with Gasteiger partial charge in [-0.05, 0) is 104 Å². The van der Waals surface area contributed by atoms with Crippen LogP contribution in [0.1, 0.15) is 120 Å². The molecule has 4 rings (SSSR count). The molecular formula is C30H48. The standard InChI is InChI=1S/C30H48/c1-3-5-6-7-8-10-24-12-14-28-22-30(18-16-26(28)20-24)29-17-15-25-19-23(9-4-2)11-13-27(25)21-29/h11,13,19,24,26,28-30H,3-10,12,14-18,20-22H2,1-2H3. The Hall–Kier alpha value is -0.780. The van der Waals surface area contributed by atoms with Crippen molar-refractivity contribution in [2.45, 2.75) is 123 Å². The van der Waals surface area contributed by atoms with Crippen LogP contribution in [0.15, 0.2) is 18.2 Å². The first kappa shape index (κ1) is 22.4. The summed E-state index contributed by atoms with van der Waals surface area (Å²) in [5.41, 5.74) is 4.95. The first-order valence-electron chi connectivity index (χ1n) is 13.9. The van der Waals surface area contributed by atoms with Crippen molar-refractivity contribution in [2.24, 2.45) is 29.6 Å². The largest absolute Gasteiger partial charge is 0.0654 e. The molecule has 0 amide bonds. The van der Waals surface area contributed by atoms with Crippen LogP contribution in [0.25, 0.3) is 0 Å². The Bertz CT molecular complexity index is 643. The lowest BCUT2D eigenvalue weighted by Gasteiger charge is -2.45. The zero-order valence-electron chi connectivity index (χ0n) is 20.1. The van der Waals surface area contributed by atoms with Crippen LogP contribution in [0, 0.1) is 29.6 Å². The molecule has 5 atom stereocenters. The molecule has 3 aliphatic rings. The molecule has 0 radical (unpaired) electrons. The van der Waals surface area contributed by atoms with E-state index in [4.69, 9.17) is 0 Å².